The Kier molecular flexibility index (Phi) is 4.14. The molecule has 0 radical (unpaired) electrons. The maximum atomic E-state index is 6.04. The zero-order chi connectivity index (χ0) is 15.6. The molecule has 0 spiro atoms. The van der Waals surface area contributed by atoms with E-state index in [9.17, 15) is 0 Å². The Morgan fingerprint density at radius 3 is 2.96 bits per heavy atom. The van der Waals surface area contributed by atoms with E-state index >= 15 is 0 Å². The van der Waals surface area contributed by atoms with Crippen LogP contribution in [0.25, 0.3) is 0 Å². The molecule has 0 unspecified atom stereocenters. The van der Waals surface area contributed by atoms with Crippen LogP contribution in [0.2, 0.25) is 0 Å². The smallest absolute Gasteiger partial charge is 0.0760 e. The second kappa shape index (κ2) is 6.42. The average molecular weight is 312 g/mol. The molecular formula is C18H24N4O. The first-order valence-corrected chi connectivity index (χ1v) is 8.53. The minimum atomic E-state index is 0.270. The van der Waals surface area contributed by atoms with Crippen molar-refractivity contribution in [2.75, 3.05) is 19.8 Å². The average Bonchev–Trinajstić information content (AvgIpc) is 3.32. The molecule has 2 aromatic rings. The van der Waals surface area contributed by atoms with Crippen molar-refractivity contribution >= 4 is 0 Å². The second-order valence-electron chi connectivity index (χ2n) is 6.72. The molecule has 5 nitrogen and oxygen atoms in total. The summed E-state index contributed by atoms with van der Waals surface area (Å²) in [6, 6.07) is 6.39. The molecule has 0 saturated heterocycles. The highest BCUT2D eigenvalue weighted by Gasteiger charge is 2.31. The molecule has 0 amide bonds. The third-order valence-electron chi connectivity index (χ3n) is 4.91. The van der Waals surface area contributed by atoms with E-state index in [1.807, 2.05) is 30.2 Å². The van der Waals surface area contributed by atoms with Crippen LogP contribution in [0.5, 0.6) is 0 Å². The molecule has 0 N–H and O–H groups in total. The van der Waals surface area contributed by atoms with Crippen LogP contribution in [0.4, 0.5) is 0 Å². The highest BCUT2D eigenvalue weighted by molar-refractivity contribution is 5.25. The van der Waals surface area contributed by atoms with Crippen molar-refractivity contribution in [1.29, 1.82) is 0 Å². The molecule has 2 aromatic heterocycles. The minimum Gasteiger partial charge on any atom is -0.379 e. The lowest BCUT2D eigenvalue weighted by Gasteiger charge is -2.35. The number of pyridine rings is 1. The summed E-state index contributed by atoms with van der Waals surface area (Å²) in [6.07, 6.45) is 7.60. The molecule has 1 aliphatic carbocycles. The fourth-order valence-electron chi connectivity index (χ4n) is 3.41. The highest BCUT2D eigenvalue weighted by Crippen LogP contribution is 2.32. The Labute approximate surface area is 137 Å². The third kappa shape index (κ3) is 3.31. The number of nitrogens with zero attached hydrogens (tertiary/aromatic N) is 4. The first-order chi connectivity index (χ1) is 11.3. The van der Waals surface area contributed by atoms with Gasteiger partial charge in [-0.05, 0) is 42.9 Å². The molecule has 1 aliphatic heterocycles. The van der Waals surface area contributed by atoms with E-state index in [-0.39, 0.29) is 6.04 Å². The van der Waals surface area contributed by atoms with E-state index in [1.165, 1.54) is 24.1 Å². The van der Waals surface area contributed by atoms with Gasteiger partial charge in [0.2, 0.25) is 0 Å². The first-order valence-electron chi connectivity index (χ1n) is 8.53. The number of fused-ring (bicyclic) bond motifs is 1. The van der Waals surface area contributed by atoms with Gasteiger partial charge in [0.15, 0.2) is 0 Å². The summed E-state index contributed by atoms with van der Waals surface area (Å²) >= 11 is 0. The molecule has 0 bridgehead atoms. The van der Waals surface area contributed by atoms with Gasteiger partial charge in [-0.15, -0.1) is 0 Å². The Bertz CT molecular complexity index is 650. The SMILES string of the molecule is Cn1ncc2c1[C@@H](COCC1CC1)N(Cc1ccccn1)CC2. The van der Waals surface area contributed by atoms with Crippen molar-refractivity contribution in [3.8, 4) is 0 Å². The molecular weight excluding hydrogens is 288 g/mol. The van der Waals surface area contributed by atoms with Crippen LogP contribution in [-0.2, 0) is 24.8 Å². The summed E-state index contributed by atoms with van der Waals surface area (Å²) in [5.41, 5.74) is 3.79. The Hall–Kier alpha value is -1.72. The molecule has 0 aromatic carbocycles. The number of hydrogen-bond donors (Lipinski definition) is 0. The lowest BCUT2D eigenvalue weighted by atomic mass is 10.00. The quantitative estimate of drug-likeness (QED) is 0.821. The zero-order valence-electron chi connectivity index (χ0n) is 13.7. The van der Waals surface area contributed by atoms with E-state index in [4.69, 9.17) is 4.74 Å². The van der Waals surface area contributed by atoms with Crippen molar-refractivity contribution in [3.63, 3.8) is 0 Å². The molecule has 5 heteroatoms. The normalized spacial score (nSPS) is 21.3. The Balaban J connectivity index is 1.52. The van der Waals surface area contributed by atoms with Crippen molar-refractivity contribution < 1.29 is 4.74 Å². The van der Waals surface area contributed by atoms with Crippen molar-refractivity contribution in [1.82, 2.24) is 19.7 Å². The number of aryl methyl sites for hydroxylation is 1. The van der Waals surface area contributed by atoms with Crippen molar-refractivity contribution in [2.45, 2.75) is 31.8 Å². The van der Waals surface area contributed by atoms with Crippen LogP contribution in [0.1, 0.15) is 35.8 Å². The zero-order valence-corrected chi connectivity index (χ0v) is 13.7. The highest BCUT2D eigenvalue weighted by atomic mass is 16.5. The van der Waals surface area contributed by atoms with Crippen molar-refractivity contribution in [3.05, 3.63) is 47.5 Å². The molecule has 3 heterocycles. The van der Waals surface area contributed by atoms with Crippen LogP contribution < -0.4 is 0 Å². The predicted octanol–water partition coefficient (Wildman–Crippen LogP) is 2.34. The van der Waals surface area contributed by atoms with E-state index in [1.54, 1.807) is 0 Å². The molecule has 4 rings (SSSR count). The molecule has 1 saturated carbocycles. The van der Waals surface area contributed by atoms with Crippen LogP contribution in [0, 0.1) is 5.92 Å². The van der Waals surface area contributed by atoms with Gasteiger partial charge in [0.1, 0.15) is 0 Å². The minimum absolute atomic E-state index is 0.270. The van der Waals surface area contributed by atoms with Gasteiger partial charge in [0.25, 0.3) is 0 Å². The number of aromatic nitrogens is 3. The van der Waals surface area contributed by atoms with Gasteiger partial charge >= 0.3 is 0 Å². The van der Waals surface area contributed by atoms with Gasteiger partial charge < -0.3 is 4.74 Å². The summed E-state index contributed by atoms with van der Waals surface area (Å²) in [6.45, 7) is 3.55. The summed E-state index contributed by atoms with van der Waals surface area (Å²) in [5.74, 6) is 0.800. The molecule has 23 heavy (non-hydrogen) atoms. The first kappa shape index (κ1) is 14.8. The van der Waals surface area contributed by atoms with Gasteiger partial charge in [0.05, 0.1) is 30.2 Å². The number of ether oxygens (including phenoxy) is 1. The van der Waals surface area contributed by atoms with E-state index in [0.717, 1.165) is 44.3 Å². The Morgan fingerprint density at radius 1 is 1.26 bits per heavy atom. The lowest BCUT2D eigenvalue weighted by Crippen LogP contribution is -2.38. The number of rotatable bonds is 6. The predicted molar refractivity (Wildman–Crippen MR) is 87.8 cm³/mol. The van der Waals surface area contributed by atoms with Gasteiger partial charge in [-0.3, -0.25) is 14.6 Å². The summed E-state index contributed by atoms with van der Waals surface area (Å²) in [4.78, 5) is 6.97. The maximum absolute atomic E-state index is 6.04. The maximum Gasteiger partial charge on any atom is 0.0760 e. The van der Waals surface area contributed by atoms with Crippen LogP contribution in [-0.4, -0.2) is 39.4 Å². The van der Waals surface area contributed by atoms with Gasteiger partial charge in [0, 0.05) is 32.9 Å². The number of hydrogen-bond acceptors (Lipinski definition) is 4. The summed E-state index contributed by atoms with van der Waals surface area (Å²) in [5, 5.41) is 4.46. The fraction of sp³-hybridized carbons (Fsp3) is 0.556. The summed E-state index contributed by atoms with van der Waals surface area (Å²) in [7, 11) is 2.04. The third-order valence-corrected chi connectivity index (χ3v) is 4.91. The summed E-state index contributed by atoms with van der Waals surface area (Å²) < 4.78 is 8.06. The Morgan fingerprint density at radius 2 is 2.17 bits per heavy atom. The molecule has 1 fully saturated rings. The molecule has 2 aliphatic rings. The van der Waals surface area contributed by atoms with Crippen LogP contribution >= 0.6 is 0 Å². The van der Waals surface area contributed by atoms with E-state index < -0.39 is 0 Å². The second-order valence-corrected chi connectivity index (χ2v) is 6.72. The van der Waals surface area contributed by atoms with Gasteiger partial charge in [-0.25, -0.2) is 0 Å². The molecule has 1 atom stereocenters. The van der Waals surface area contributed by atoms with Gasteiger partial charge in [-0.2, -0.15) is 5.10 Å². The lowest BCUT2D eigenvalue weighted by molar-refractivity contribution is 0.0407. The monoisotopic (exact) mass is 312 g/mol. The fourth-order valence-corrected chi connectivity index (χ4v) is 3.41. The van der Waals surface area contributed by atoms with Crippen LogP contribution in [0.3, 0.4) is 0 Å². The van der Waals surface area contributed by atoms with Gasteiger partial charge in [-0.1, -0.05) is 6.07 Å². The standard InChI is InChI=1S/C18H24N4O/c1-21-18-15(10-20-21)7-9-22(11-16-4-2-3-8-19-16)17(18)13-23-12-14-5-6-14/h2-4,8,10,14,17H,5-7,9,11-13H2,1H3/t17-/m1/s1. The van der Waals surface area contributed by atoms with E-state index in [2.05, 4.69) is 27.1 Å². The van der Waals surface area contributed by atoms with Crippen molar-refractivity contribution in [2.24, 2.45) is 13.0 Å². The topological polar surface area (TPSA) is 43.2 Å². The largest absolute Gasteiger partial charge is 0.379 e. The van der Waals surface area contributed by atoms with Crippen LogP contribution in [0.15, 0.2) is 30.6 Å². The van der Waals surface area contributed by atoms with E-state index in [0.29, 0.717) is 0 Å². The molecule has 122 valence electrons.